The second kappa shape index (κ2) is 8.22. The summed E-state index contributed by atoms with van der Waals surface area (Å²) in [5.41, 5.74) is 6.97. The quantitative estimate of drug-likeness (QED) is 0.898. The first-order valence-corrected chi connectivity index (χ1v) is 7.20. The summed E-state index contributed by atoms with van der Waals surface area (Å²) < 4.78 is 0. The third-order valence-electron chi connectivity index (χ3n) is 4.04. The number of carbonyl (C=O) groups excluding carboxylic acids is 1. The van der Waals surface area contributed by atoms with Crippen molar-refractivity contribution in [2.75, 3.05) is 0 Å². The van der Waals surface area contributed by atoms with Crippen molar-refractivity contribution in [2.24, 2.45) is 11.7 Å². The standard InChI is InChI=1S/C15H23N3O.ClH/c1-2-11-5-3-4-6-14(11)18-15(19)12-7-8-17-13(9-12)10-16;/h7-9,11,14H,2-6,10,16H2,1H3,(H,18,19);1H. The van der Waals surface area contributed by atoms with Gasteiger partial charge in [0.2, 0.25) is 0 Å². The van der Waals surface area contributed by atoms with Crippen LogP contribution in [0.4, 0.5) is 0 Å². The van der Waals surface area contributed by atoms with Crippen molar-refractivity contribution in [3.63, 3.8) is 0 Å². The van der Waals surface area contributed by atoms with Crippen LogP contribution < -0.4 is 11.1 Å². The Labute approximate surface area is 126 Å². The highest BCUT2D eigenvalue weighted by atomic mass is 35.5. The van der Waals surface area contributed by atoms with Gasteiger partial charge in [-0.3, -0.25) is 9.78 Å². The highest BCUT2D eigenvalue weighted by Gasteiger charge is 2.25. The first kappa shape index (κ1) is 16.9. The van der Waals surface area contributed by atoms with E-state index in [0.717, 1.165) is 18.5 Å². The van der Waals surface area contributed by atoms with E-state index in [0.29, 0.717) is 24.1 Å². The largest absolute Gasteiger partial charge is 0.349 e. The number of nitrogens with one attached hydrogen (secondary N) is 1. The Hall–Kier alpha value is -1.13. The van der Waals surface area contributed by atoms with Crippen molar-refractivity contribution >= 4 is 18.3 Å². The number of aromatic nitrogens is 1. The molecule has 1 amide bonds. The summed E-state index contributed by atoms with van der Waals surface area (Å²) in [5, 5.41) is 3.18. The van der Waals surface area contributed by atoms with Crippen molar-refractivity contribution in [3.05, 3.63) is 29.6 Å². The van der Waals surface area contributed by atoms with Crippen LogP contribution in [0.3, 0.4) is 0 Å². The lowest BCUT2D eigenvalue weighted by molar-refractivity contribution is 0.0904. The average Bonchev–Trinajstić information content (AvgIpc) is 2.47. The highest BCUT2D eigenvalue weighted by molar-refractivity contribution is 5.94. The molecule has 112 valence electrons. The average molecular weight is 298 g/mol. The molecule has 1 aliphatic carbocycles. The second-order valence-corrected chi connectivity index (χ2v) is 5.27. The molecule has 1 fully saturated rings. The molecule has 1 heterocycles. The lowest BCUT2D eigenvalue weighted by Gasteiger charge is -2.31. The molecule has 0 radical (unpaired) electrons. The minimum Gasteiger partial charge on any atom is -0.349 e. The topological polar surface area (TPSA) is 68.0 Å². The van der Waals surface area contributed by atoms with E-state index in [1.165, 1.54) is 19.3 Å². The molecule has 1 aromatic rings. The van der Waals surface area contributed by atoms with Gasteiger partial charge in [-0.25, -0.2) is 0 Å². The molecule has 1 saturated carbocycles. The summed E-state index contributed by atoms with van der Waals surface area (Å²) in [4.78, 5) is 16.4. The summed E-state index contributed by atoms with van der Waals surface area (Å²) in [6.45, 7) is 2.57. The van der Waals surface area contributed by atoms with Crippen molar-refractivity contribution in [1.29, 1.82) is 0 Å². The van der Waals surface area contributed by atoms with Crippen LogP contribution in [-0.4, -0.2) is 16.9 Å². The van der Waals surface area contributed by atoms with Crippen LogP contribution >= 0.6 is 12.4 Å². The van der Waals surface area contributed by atoms with Crippen molar-refractivity contribution in [1.82, 2.24) is 10.3 Å². The number of amides is 1. The van der Waals surface area contributed by atoms with Gasteiger partial charge < -0.3 is 11.1 Å². The van der Waals surface area contributed by atoms with Crippen LogP contribution in [0, 0.1) is 5.92 Å². The van der Waals surface area contributed by atoms with Gasteiger partial charge in [0.15, 0.2) is 0 Å². The van der Waals surface area contributed by atoms with Gasteiger partial charge in [-0.2, -0.15) is 0 Å². The molecule has 0 aromatic carbocycles. The number of halogens is 1. The number of hydrogen-bond donors (Lipinski definition) is 2. The molecular formula is C15H24ClN3O. The molecule has 0 spiro atoms. The molecule has 2 unspecified atom stereocenters. The maximum Gasteiger partial charge on any atom is 0.251 e. The van der Waals surface area contributed by atoms with Gasteiger partial charge in [0.1, 0.15) is 0 Å². The second-order valence-electron chi connectivity index (χ2n) is 5.27. The van der Waals surface area contributed by atoms with Crippen molar-refractivity contribution in [2.45, 2.75) is 51.6 Å². The van der Waals surface area contributed by atoms with E-state index in [2.05, 4.69) is 17.2 Å². The Kier molecular flexibility index (Phi) is 6.96. The number of rotatable bonds is 4. The number of hydrogen-bond acceptors (Lipinski definition) is 3. The lowest BCUT2D eigenvalue weighted by Crippen LogP contribution is -2.41. The monoisotopic (exact) mass is 297 g/mol. The summed E-state index contributed by atoms with van der Waals surface area (Å²) in [6.07, 6.45) is 7.61. The minimum absolute atomic E-state index is 0. The summed E-state index contributed by atoms with van der Waals surface area (Å²) in [7, 11) is 0. The maximum absolute atomic E-state index is 12.3. The van der Waals surface area contributed by atoms with Crippen LogP contribution in [-0.2, 0) is 6.54 Å². The van der Waals surface area contributed by atoms with E-state index >= 15 is 0 Å². The van der Waals surface area contributed by atoms with Gasteiger partial charge in [0.25, 0.3) is 5.91 Å². The zero-order valence-corrected chi connectivity index (χ0v) is 12.8. The molecule has 0 bridgehead atoms. The van der Waals surface area contributed by atoms with Gasteiger partial charge in [-0.15, -0.1) is 12.4 Å². The van der Waals surface area contributed by atoms with Gasteiger partial charge in [0.05, 0.1) is 5.69 Å². The Morgan fingerprint density at radius 1 is 1.45 bits per heavy atom. The van der Waals surface area contributed by atoms with Gasteiger partial charge in [-0.05, 0) is 30.9 Å². The minimum atomic E-state index is 0. The number of carbonyl (C=O) groups is 1. The fourth-order valence-corrected chi connectivity index (χ4v) is 2.87. The van der Waals surface area contributed by atoms with Crippen LogP contribution in [0.2, 0.25) is 0 Å². The molecule has 2 atom stereocenters. The van der Waals surface area contributed by atoms with Crippen LogP contribution in [0.1, 0.15) is 55.1 Å². The third-order valence-corrected chi connectivity index (χ3v) is 4.04. The van der Waals surface area contributed by atoms with E-state index in [1.54, 1.807) is 18.3 Å². The third kappa shape index (κ3) is 4.18. The fourth-order valence-electron chi connectivity index (χ4n) is 2.87. The molecule has 5 heteroatoms. The Morgan fingerprint density at radius 3 is 2.90 bits per heavy atom. The Balaban J connectivity index is 0.00000200. The Bertz CT molecular complexity index is 439. The van der Waals surface area contributed by atoms with Gasteiger partial charge in [-0.1, -0.05) is 26.2 Å². The summed E-state index contributed by atoms with van der Waals surface area (Å²) in [5.74, 6) is 0.621. The van der Waals surface area contributed by atoms with Crippen LogP contribution in [0.15, 0.2) is 18.3 Å². The zero-order chi connectivity index (χ0) is 13.7. The molecule has 3 N–H and O–H groups in total. The van der Waals surface area contributed by atoms with Crippen LogP contribution in [0.25, 0.3) is 0 Å². The molecule has 2 rings (SSSR count). The first-order valence-electron chi connectivity index (χ1n) is 7.20. The lowest BCUT2D eigenvalue weighted by atomic mass is 9.83. The van der Waals surface area contributed by atoms with E-state index < -0.39 is 0 Å². The van der Waals surface area contributed by atoms with E-state index in [4.69, 9.17) is 5.73 Å². The summed E-state index contributed by atoms with van der Waals surface area (Å²) >= 11 is 0. The number of pyridine rings is 1. The number of nitrogens with zero attached hydrogens (tertiary/aromatic N) is 1. The normalized spacial score (nSPS) is 21.9. The van der Waals surface area contributed by atoms with E-state index in [9.17, 15) is 4.79 Å². The van der Waals surface area contributed by atoms with Gasteiger partial charge in [0, 0.05) is 24.3 Å². The van der Waals surface area contributed by atoms with E-state index in [1.807, 2.05) is 0 Å². The molecule has 0 aliphatic heterocycles. The van der Waals surface area contributed by atoms with Gasteiger partial charge >= 0.3 is 0 Å². The zero-order valence-electron chi connectivity index (χ0n) is 12.0. The highest BCUT2D eigenvalue weighted by Crippen LogP contribution is 2.27. The van der Waals surface area contributed by atoms with E-state index in [-0.39, 0.29) is 18.3 Å². The summed E-state index contributed by atoms with van der Waals surface area (Å²) in [6, 6.07) is 3.85. The van der Waals surface area contributed by atoms with Crippen molar-refractivity contribution in [3.8, 4) is 0 Å². The smallest absolute Gasteiger partial charge is 0.251 e. The molecule has 20 heavy (non-hydrogen) atoms. The maximum atomic E-state index is 12.3. The fraction of sp³-hybridized carbons (Fsp3) is 0.600. The molecule has 1 aromatic heterocycles. The molecule has 1 aliphatic rings. The Morgan fingerprint density at radius 2 is 2.20 bits per heavy atom. The van der Waals surface area contributed by atoms with Crippen LogP contribution in [0.5, 0.6) is 0 Å². The predicted molar refractivity (Wildman–Crippen MR) is 82.9 cm³/mol. The van der Waals surface area contributed by atoms with Crippen molar-refractivity contribution < 1.29 is 4.79 Å². The first-order chi connectivity index (χ1) is 9.24. The molecule has 0 saturated heterocycles. The SMILES string of the molecule is CCC1CCCCC1NC(=O)c1ccnc(CN)c1.Cl. The molecular weight excluding hydrogens is 274 g/mol. The number of nitrogens with two attached hydrogens (primary N) is 1. The predicted octanol–water partition coefficient (Wildman–Crippen LogP) is 2.66. The molecule has 4 nitrogen and oxygen atoms in total.